The molecule has 1 fully saturated rings. The fourth-order valence-corrected chi connectivity index (χ4v) is 6.05. The average Bonchev–Trinajstić information content (AvgIpc) is 3.45. The van der Waals surface area contributed by atoms with Gasteiger partial charge in [-0.2, -0.15) is 0 Å². The fourth-order valence-electron chi connectivity index (χ4n) is 6.05. The van der Waals surface area contributed by atoms with E-state index in [0.29, 0.717) is 56.6 Å². The number of hydrogen-bond donors (Lipinski definition) is 3. The summed E-state index contributed by atoms with van der Waals surface area (Å²) in [6.45, 7) is 5.41. The Labute approximate surface area is 270 Å². The minimum absolute atomic E-state index is 0.126. The number of carbonyl (C=O) groups is 4. The van der Waals surface area contributed by atoms with Gasteiger partial charge in [0, 0.05) is 38.9 Å². The zero-order valence-corrected chi connectivity index (χ0v) is 26.8. The predicted octanol–water partition coefficient (Wildman–Crippen LogP) is 3.52. The molecule has 0 saturated carbocycles. The summed E-state index contributed by atoms with van der Waals surface area (Å²) in [4.78, 5) is 60.7. The van der Waals surface area contributed by atoms with Gasteiger partial charge < -0.3 is 30.5 Å². The number of hydrogen-bond acceptors (Lipinski definition) is 6. The Morgan fingerprint density at radius 1 is 1.02 bits per heavy atom. The molecule has 3 atom stereocenters. The topological polar surface area (TPSA) is 133 Å². The summed E-state index contributed by atoms with van der Waals surface area (Å²) < 4.78 is 6.10. The van der Waals surface area contributed by atoms with E-state index in [0.717, 1.165) is 16.3 Å². The number of urea groups is 1. The first-order chi connectivity index (χ1) is 22.2. The first kappa shape index (κ1) is 32.7. The maximum atomic E-state index is 14.1. The first-order valence-corrected chi connectivity index (χ1v) is 16.1. The Balaban J connectivity index is 1.33. The maximum absolute atomic E-state index is 14.1. The van der Waals surface area contributed by atoms with Crippen molar-refractivity contribution >= 4 is 34.5 Å². The van der Waals surface area contributed by atoms with Gasteiger partial charge in [-0.3, -0.25) is 19.4 Å². The molecular formula is C35H44N6O5. The van der Waals surface area contributed by atoms with Crippen molar-refractivity contribution in [3.8, 4) is 5.75 Å². The molecule has 2 bridgehead atoms. The van der Waals surface area contributed by atoms with Gasteiger partial charge in [-0.05, 0) is 54.0 Å². The number of nitrogens with one attached hydrogen (secondary N) is 3. The predicted molar refractivity (Wildman–Crippen MR) is 175 cm³/mol. The van der Waals surface area contributed by atoms with Gasteiger partial charge in [-0.25, -0.2) is 4.79 Å². The number of ether oxygens (including phenoxy) is 1. The highest BCUT2D eigenvalue weighted by atomic mass is 16.5. The van der Waals surface area contributed by atoms with Gasteiger partial charge in [0.2, 0.25) is 11.8 Å². The number of benzene rings is 2. The van der Waals surface area contributed by atoms with Gasteiger partial charge in [-0.15, -0.1) is 0 Å². The molecular weight excluding hydrogens is 584 g/mol. The third-order valence-electron chi connectivity index (χ3n) is 8.50. The van der Waals surface area contributed by atoms with Crippen molar-refractivity contribution in [2.75, 3.05) is 33.3 Å². The molecule has 0 spiro atoms. The minimum atomic E-state index is -0.768. The zero-order chi connectivity index (χ0) is 32.6. The summed E-state index contributed by atoms with van der Waals surface area (Å²) >= 11 is 0. The lowest BCUT2D eigenvalue weighted by Gasteiger charge is -2.29. The second kappa shape index (κ2) is 15.1. The molecule has 3 N–H and O–H groups in total. The van der Waals surface area contributed by atoms with Crippen molar-refractivity contribution in [1.29, 1.82) is 0 Å². The lowest BCUT2D eigenvalue weighted by Crippen LogP contribution is -2.53. The molecule has 2 aliphatic rings. The molecule has 11 heteroatoms. The molecule has 3 aromatic rings. The zero-order valence-electron chi connectivity index (χ0n) is 26.8. The molecule has 5 amide bonds. The van der Waals surface area contributed by atoms with Crippen molar-refractivity contribution < 1.29 is 23.9 Å². The van der Waals surface area contributed by atoms with Crippen LogP contribution in [0.1, 0.15) is 55.5 Å². The Kier molecular flexibility index (Phi) is 10.7. The van der Waals surface area contributed by atoms with Crippen LogP contribution in [0.3, 0.4) is 0 Å². The number of rotatable bonds is 6. The molecule has 1 aromatic heterocycles. The summed E-state index contributed by atoms with van der Waals surface area (Å²) in [6.07, 6.45) is 5.45. The van der Waals surface area contributed by atoms with Gasteiger partial charge >= 0.3 is 6.03 Å². The van der Waals surface area contributed by atoms with Crippen molar-refractivity contribution in [3.63, 3.8) is 0 Å². The second-order valence-corrected chi connectivity index (χ2v) is 12.7. The van der Waals surface area contributed by atoms with Gasteiger partial charge in [0.05, 0.1) is 24.2 Å². The van der Waals surface area contributed by atoms with E-state index in [9.17, 15) is 19.2 Å². The lowest BCUT2D eigenvalue weighted by atomic mass is 10.0. The van der Waals surface area contributed by atoms with Crippen LogP contribution < -0.4 is 20.7 Å². The molecule has 46 heavy (non-hydrogen) atoms. The standard InChI is InChI=1S/C35H44N6O5/c1-23(2)18-37-35(45)39-31-10-6-7-13-40(3)33(43)27-16-30(20-36-19-27)46-22-29-17-28(21-41(29)34(31)44)38-32(42)15-24-11-12-25-8-4-5-9-26(25)14-24/h4-5,8-9,11-12,14,16,19-20,23,28-29,31H,6-7,10,13,15,17-18,21-22H2,1-3H3,(H,38,42)(H2,37,39,45)/t28-,29-,31-/m0/s1. The van der Waals surface area contributed by atoms with Crippen LogP contribution in [0.25, 0.3) is 10.8 Å². The number of pyridine rings is 1. The molecule has 0 aliphatic carbocycles. The number of nitrogens with zero attached hydrogens (tertiary/aromatic N) is 3. The van der Waals surface area contributed by atoms with E-state index in [1.54, 1.807) is 29.1 Å². The third kappa shape index (κ3) is 8.52. The molecule has 0 unspecified atom stereocenters. The van der Waals surface area contributed by atoms with Crippen LogP contribution in [-0.2, 0) is 16.0 Å². The summed E-state index contributed by atoms with van der Waals surface area (Å²) in [5.74, 6) is 0.176. The van der Waals surface area contributed by atoms with Crippen molar-refractivity contribution in [2.45, 2.75) is 64.1 Å². The smallest absolute Gasteiger partial charge is 0.315 e. The maximum Gasteiger partial charge on any atom is 0.315 e. The quantitative estimate of drug-likeness (QED) is 0.383. The molecule has 0 radical (unpaired) electrons. The van der Waals surface area contributed by atoms with Gasteiger partial charge in [0.1, 0.15) is 18.4 Å². The Morgan fingerprint density at radius 2 is 1.83 bits per heavy atom. The van der Waals surface area contributed by atoms with Crippen molar-refractivity contribution in [2.24, 2.45) is 5.92 Å². The van der Waals surface area contributed by atoms with Crippen LogP contribution in [0, 0.1) is 5.92 Å². The van der Waals surface area contributed by atoms with E-state index in [1.807, 2.05) is 56.3 Å². The number of fused-ring (bicyclic) bond motifs is 4. The summed E-state index contributed by atoms with van der Waals surface area (Å²) in [5.41, 5.74) is 1.34. The van der Waals surface area contributed by atoms with E-state index in [-0.39, 0.29) is 48.8 Å². The van der Waals surface area contributed by atoms with Gasteiger partial charge in [-0.1, -0.05) is 56.3 Å². The summed E-state index contributed by atoms with van der Waals surface area (Å²) in [5, 5.41) is 11.1. The Hall–Kier alpha value is -4.67. The van der Waals surface area contributed by atoms with Crippen LogP contribution >= 0.6 is 0 Å². The number of carbonyl (C=O) groups excluding carboxylic acids is 4. The Morgan fingerprint density at radius 3 is 2.63 bits per heavy atom. The minimum Gasteiger partial charge on any atom is -0.490 e. The van der Waals surface area contributed by atoms with E-state index in [2.05, 4.69) is 20.9 Å². The van der Waals surface area contributed by atoms with Crippen molar-refractivity contribution in [1.82, 2.24) is 30.7 Å². The monoisotopic (exact) mass is 628 g/mol. The van der Waals surface area contributed by atoms with E-state index >= 15 is 0 Å². The number of aromatic nitrogens is 1. The van der Waals surface area contributed by atoms with Crippen LogP contribution in [0.4, 0.5) is 4.79 Å². The van der Waals surface area contributed by atoms with Crippen LogP contribution in [0.5, 0.6) is 5.75 Å². The van der Waals surface area contributed by atoms with Gasteiger partial charge in [0.15, 0.2) is 0 Å². The average molecular weight is 629 g/mol. The van der Waals surface area contributed by atoms with Crippen LogP contribution in [-0.4, -0.2) is 90.0 Å². The number of amides is 5. The van der Waals surface area contributed by atoms with Crippen molar-refractivity contribution in [3.05, 3.63) is 72.1 Å². The second-order valence-electron chi connectivity index (χ2n) is 12.7. The summed E-state index contributed by atoms with van der Waals surface area (Å²) in [6, 6.07) is 13.9. The molecule has 3 heterocycles. The third-order valence-corrected chi connectivity index (χ3v) is 8.50. The van der Waals surface area contributed by atoms with E-state index < -0.39 is 12.1 Å². The SMILES string of the molecule is CC(C)CNC(=O)N[C@H]1CCCCN(C)C(=O)c2cncc(c2)OC[C@@H]2C[C@H](NC(=O)Cc3ccc4ccccc4c3)CN2C1=O. The highest BCUT2D eigenvalue weighted by Gasteiger charge is 2.39. The van der Waals surface area contributed by atoms with Gasteiger partial charge in [0.25, 0.3) is 5.91 Å². The molecule has 244 valence electrons. The molecule has 1 saturated heterocycles. The normalized spacial score (nSPS) is 20.8. The lowest BCUT2D eigenvalue weighted by molar-refractivity contribution is -0.135. The molecule has 5 rings (SSSR count). The van der Waals surface area contributed by atoms with E-state index in [4.69, 9.17) is 4.74 Å². The highest BCUT2D eigenvalue weighted by molar-refractivity contribution is 5.94. The summed E-state index contributed by atoms with van der Waals surface area (Å²) in [7, 11) is 1.73. The largest absolute Gasteiger partial charge is 0.490 e. The molecule has 2 aromatic carbocycles. The Bertz CT molecular complexity index is 1560. The first-order valence-electron chi connectivity index (χ1n) is 16.1. The van der Waals surface area contributed by atoms with Crippen LogP contribution in [0.15, 0.2) is 60.9 Å². The van der Waals surface area contributed by atoms with E-state index in [1.165, 1.54) is 6.20 Å². The molecule has 11 nitrogen and oxygen atoms in total. The highest BCUT2D eigenvalue weighted by Crippen LogP contribution is 2.24. The van der Waals surface area contributed by atoms with Crippen LogP contribution in [0.2, 0.25) is 0 Å². The fraction of sp³-hybridized carbons (Fsp3) is 0.457. The molecule has 2 aliphatic heterocycles.